The van der Waals surface area contributed by atoms with Crippen LogP contribution >= 0.6 is 0 Å². The highest BCUT2D eigenvalue weighted by molar-refractivity contribution is 6.02. The van der Waals surface area contributed by atoms with Gasteiger partial charge in [-0.05, 0) is 48.4 Å². The van der Waals surface area contributed by atoms with Gasteiger partial charge in [-0.2, -0.15) is 0 Å². The van der Waals surface area contributed by atoms with E-state index >= 15 is 0 Å². The van der Waals surface area contributed by atoms with Crippen molar-refractivity contribution in [3.63, 3.8) is 0 Å². The maximum absolute atomic E-state index is 13.2. The van der Waals surface area contributed by atoms with E-state index in [0.717, 1.165) is 21.6 Å². The lowest BCUT2D eigenvalue weighted by Gasteiger charge is -2.22. The van der Waals surface area contributed by atoms with Crippen LogP contribution in [0.15, 0.2) is 71.3 Å². The lowest BCUT2D eigenvalue weighted by Crippen LogP contribution is -2.36. The Labute approximate surface area is 219 Å². The quantitative estimate of drug-likeness (QED) is 0.304. The second-order valence-corrected chi connectivity index (χ2v) is 8.40. The molecule has 0 aliphatic carbocycles. The van der Waals surface area contributed by atoms with Crippen molar-refractivity contribution in [1.29, 1.82) is 0 Å². The number of carbonyl (C=O) groups is 2. The van der Waals surface area contributed by atoms with Gasteiger partial charge in [0.1, 0.15) is 22.8 Å². The molecule has 0 saturated carbocycles. The zero-order valence-electron chi connectivity index (χ0n) is 21.5. The molecule has 3 N–H and O–H groups in total. The van der Waals surface area contributed by atoms with Gasteiger partial charge in [-0.15, -0.1) is 5.06 Å². The molecule has 198 valence electrons. The number of furan rings is 1. The number of amides is 2. The molecular formula is C28H29N3O7. The zero-order chi connectivity index (χ0) is 27.2. The summed E-state index contributed by atoms with van der Waals surface area (Å²) in [6.07, 6.45) is 1.94. The molecule has 1 atom stereocenters. The number of nitrogens with two attached hydrogens (primary N) is 1. The molecule has 0 radical (unpaired) electrons. The molecule has 4 rings (SSSR count). The first kappa shape index (κ1) is 26.4. The van der Waals surface area contributed by atoms with Gasteiger partial charge in [0.25, 0.3) is 0 Å². The normalized spacial score (nSPS) is 11.5. The molecule has 38 heavy (non-hydrogen) atoms. The Bertz CT molecular complexity index is 1420. The summed E-state index contributed by atoms with van der Waals surface area (Å²) in [4.78, 5) is 30.1. The number of urea groups is 1. The van der Waals surface area contributed by atoms with Gasteiger partial charge < -0.3 is 34.5 Å². The summed E-state index contributed by atoms with van der Waals surface area (Å²) in [7, 11) is 4.70. The van der Waals surface area contributed by atoms with Crippen LogP contribution in [0.25, 0.3) is 11.0 Å². The van der Waals surface area contributed by atoms with Gasteiger partial charge >= 0.3 is 12.0 Å². The fraction of sp³-hybridized carbons (Fsp3) is 0.214. The highest BCUT2D eigenvalue weighted by atomic mass is 16.7. The van der Waals surface area contributed by atoms with Crippen LogP contribution in [0, 0.1) is 0 Å². The summed E-state index contributed by atoms with van der Waals surface area (Å²) in [5.41, 5.74) is 9.58. The van der Waals surface area contributed by atoms with Crippen molar-refractivity contribution in [1.82, 2.24) is 0 Å². The van der Waals surface area contributed by atoms with Gasteiger partial charge in [0, 0.05) is 41.7 Å². The Morgan fingerprint density at radius 3 is 2.37 bits per heavy atom. The molecule has 1 aromatic heterocycles. The molecule has 2 amide bonds. The second-order valence-electron chi connectivity index (χ2n) is 8.40. The lowest BCUT2D eigenvalue weighted by molar-refractivity contribution is -0.141. The molecule has 3 aromatic carbocycles. The molecular weight excluding hydrogens is 490 g/mol. The number of benzene rings is 3. The average molecular weight is 520 g/mol. The predicted molar refractivity (Wildman–Crippen MR) is 143 cm³/mol. The van der Waals surface area contributed by atoms with E-state index in [0.29, 0.717) is 40.6 Å². The topological polar surface area (TPSA) is 125 Å². The Balaban J connectivity index is 1.55. The fourth-order valence-electron chi connectivity index (χ4n) is 4.06. The van der Waals surface area contributed by atoms with Gasteiger partial charge in [-0.3, -0.25) is 0 Å². The third kappa shape index (κ3) is 5.81. The molecule has 0 aliphatic heterocycles. The highest BCUT2D eigenvalue weighted by Crippen LogP contribution is 2.36. The number of rotatable bonds is 8. The van der Waals surface area contributed by atoms with Gasteiger partial charge in [0.15, 0.2) is 0 Å². The maximum atomic E-state index is 13.2. The highest BCUT2D eigenvalue weighted by Gasteiger charge is 2.22. The molecule has 1 heterocycles. The van der Waals surface area contributed by atoms with Crippen LogP contribution in [0.2, 0.25) is 0 Å². The minimum absolute atomic E-state index is 0.359. The van der Waals surface area contributed by atoms with Crippen molar-refractivity contribution in [2.75, 3.05) is 31.7 Å². The minimum atomic E-state index is -0.660. The smallest absolute Gasteiger partial charge is 0.359 e. The monoisotopic (exact) mass is 519 g/mol. The summed E-state index contributed by atoms with van der Waals surface area (Å²) in [5, 5.41) is 4.42. The van der Waals surface area contributed by atoms with Crippen LogP contribution in [-0.4, -0.2) is 33.3 Å². The van der Waals surface area contributed by atoms with Crippen LogP contribution in [-0.2, 0) is 16.1 Å². The van der Waals surface area contributed by atoms with Crippen molar-refractivity contribution in [2.45, 2.75) is 19.4 Å². The van der Waals surface area contributed by atoms with Crippen molar-refractivity contribution in [3.05, 3.63) is 78.1 Å². The van der Waals surface area contributed by atoms with E-state index in [4.69, 9.17) is 29.2 Å². The molecule has 1 unspecified atom stereocenters. The minimum Gasteiger partial charge on any atom is -0.496 e. The van der Waals surface area contributed by atoms with E-state index in [9.17, 15) is 9.59 Å². The third-order valence-electron chi connectivity index (χ3n) is 5.88. The summed E-state index contributed by atoms with van der Waals surface area (Å²) in [6.45, 7) is 1.22. The maximum Gasteiger partial charge on any atom is 0.359 e. The number of nitrogens with zero attached hydrogens (tertiary/aromatic N) is 1. The molecule has 0 aliphatic rings. The first-order valence-corrected chi connectivity index (χ1v) is 11.7. The van der Waals surface area contributed by atoms with Crippen LogP contribution in [0.5, 0.6) is 17.2 Å². The Hall–Kier alpha value is -4.70. The second kappa shape index (κ2) is 11.6. The number of hydrogen-bond acceptors (Lipinski definition) is 8. The van der Waals surface area contributed by atoms with Crippen LogP contribution in [0.4, 0.5) is 16.2 Å². The molecule has 0 bridgehead atoms. The molecule has 0 spiro atoms. The largest absolute Gasteiger partial charge is 0.496 e. The Kier molecular flexibility index (Phi) is 8.03. The number of fused-ring (bicyclic) bond motifs is 1. The van der Waals surface area contributed by atoms with Gasteiger partial charge in [0.2, 0.25) is 0 Å². The Morgan fingerprint density at radius 2 is 1.71 bits per heavy atom. The van der Waals surface area contributed by atoms with E-state index < -0.39 is 18.0 Å². The lowest BCUT2D eigenvalue weighted by atomic mass is 9.97. The van der Waals surface area contributed by atoms with E-state index in [2.05, 4.69) is 5.32 Å². The van der Waals surface area contributed by atoms with Crippen LogP contribution in [0.1, 0.15) is 24.1 Å². The standard InChI is InChI=1S/C28H29N3O7/c1-17(32)38-31(21-8-9-25-19(13-21)10-11-37-25)28(33)30-20-7-5-6-18(12-20)24(29)16-23-26(35-3)14-22(34-2)15-27(23)36-4/h5-15,24H,16,29H2,1-4H3,(H,30,33). The SMILES string of the molecule is COc1cc(OC)c(CC(N)c2cccc(NC(=O)N(OC(C)=O)c3ccc4occc4c3)c2)c(OC)c1. The number of nitrogens with one attached hydrogen (secondary N) is 1. The van der Waals surface area contributed by atoms with Crippen LogP contribution in [0.3, 0.4) is 0 Å². The molecule has 0 fully saturated rings. The number of hydrogen-bond donors (Lipinski definition) is 2. The predicted octanol–water partition coefficient (Wildman–Crippen LogP) is 5.22. The number of methoxy groups -OCH3 is 3. The zero-order valence-corrected chi connectivity index (χ0v) is 21.5. The fourth-order valence-corrected chi connectivity index (χ4v) is 4.06. The summed E-state index contributed by atoms with van der Waals surface area (Å²) < 4.78 is 21.7. The first-order valence-electron chi connectivity index (χ1n) is 11.7. The first-order chi connectivity index (χ1) is 18.3. The van der Waals surface area contributed by atoms with Crippen molar-refractivity contribution < 1.29 is 33.1 Å². The van der Waals surface area contributed by atoms with Gasteiger partial charge in [-0.1, -0.05) is 12.1 Å². The third-order valence-corrected chi connectivity index (χ3v) is 5.88. The molecule has 0 saturated heterocycles. The number of ether oxygens (including phenoxy) is 3. The van der Waals surface area contributed by atoms with E-state index in [-0.39, 0.29) is 0 Å². The van der Waals surface area contributed by atoms with Crippen molar-refractivity contribution in [3.8, 4) is 17.2 Å². The average Bonchev–Trinajstić information content (AvgIpc) is 3.39. The van der Waals surface area contributed by atoms with Gasteiger partial charge in [-0.25, -0.2) is 9.59 Å². The summed E-state index contributed by atoms with van der Waals surface area (Å²) >= 11 is 0. The van der Waals surface area contributed by atoms with Crippen molar-refractivity contribution >= 4 is 34.3 Å². The van der Waals surface area contributed by atoms with E-state index in [1.807, 2.05) is 6.07 Å². The van der Waals surface area contributed by atoms with Crippen LogP contribution < -0.4 is 30.3 Å². The van der Waals surface area contributed by atoms with Gasteiger partial charge in [0.05, 0.1) is 33.3 Å². The van der Waals surface area contributed by atoms with E-state index in [1.165, 1.54) is 13.2 Å². The summed E-state index contributed by atoms with van der Waals surface area (Å²) in [5.74, 6) is 1.14. The van der Waals surface area contributed by atoms with E-state index in [1.54, 1.807) is 75.9 Å². The number of hydroxylamine groups is 1. The molecule has 10 nitrogen and oxygen atoms in total. The number of carbonyl (C=O) groups excluding carboxylic acids is 2. The molecule has 10 heteroatoms. The number of anilines is 2. The molecule has 4 aromatic rings. The Morgan fingerprint density at radius 1 is 0.974 bits per heavy atom. The van der Waals surface area contributed by atoms with Crippen molar-refractivity contribution in [2.24, 2.45) is 5.73 Å². The summed E-state index contributed by atoms with van der Waals surface area (Å²) in [6, 6.07) is 16.3.